The fourth-order valence-electron chi connectivity index (χ4n) is 1.91. The molecule has 0 aliphatic rings. The molecule has 0 bridgehead atoms. The molecule has 0 saturated heterocycles. The summed E-state index contributed by atoms with van der Waals surface area (Å²) in [5, 5.41) is 4.48. The molecule has 1 aromatic rings. The number of nitrogens with zero attached hydrogens (tertiary/aromatic N) is 2. The van der Waals surface area contributed by atoms with Crippen LogP contribution in [-0.4, -0.2) is 29.5 Å². The summed E-state index contributed by atoms with van der Waals surface area (Å²) in [5.41, 5.74) is 9.57. The van der Waals surface area contributed by atoms with Crippen LogP contribution in [0.5, 0.6) is 0 Å². The van der Waals surface area contributed by atoms with Crippen LogP contribution in [0, 0.1) is 13.8 Å². The van der Waals surface area contributed by atoms with E-state index >= 15 is 0 Å². The second-order valence-corrected chi connectivity index (χ2v) is 3.90. The minimum Gasteiger partial charge on any atom is -0.383 e. The Balaban J connectivity index is 2.77. The van der Waals surface area contributed by atoms with Crippen LogP contribution in [0.15, 0.2) is 0 Å². The van der Waals surface area contributed by atoms with E-state index in [-0.39, 0.29) is 6.04 Å². The molecule has 1 atom stereocenters. The van der Waals surface area contributed by atoms with Crippen LogP contribution in [0.25, 0.3) is 0 Å². The summed E-state index contributed by atoms with van der Waals surface area (Å²) < 4.78 is 7.00. The summed E-state index contributed by atoms with van der Waals surface area (Å²) >= 11 is 0. The molecule has 0 spiro atoms. The first-order chi connectivity index (χ1) is 7.10. The monoisotopic (exact) mass is 211 g/mol. The van der Waals surface area contributed by atoms with Crippen molar-refractivity contribution in [2.45, 2.75) is 39.8 Å². The highest BCUT2D eigenvalue weighted by molar-refractivity contribution is 5.24. The van der Waals surface area contributed by atoms with E-state index in [4.69, 9.17) is 10.5 Å². The molecule has 0 aliphatic heterocycles. The second-order valence-electron chi connectivity index (χ2n) is 3.90. The van der Waals surface area contributed by atoms with Gasteiger partial charge in [0, 0.05) is 18.8 Å². The molecular formula is C11H21N3O. The molecule has 0 amide bonds. The van der Waals surface area contributed by atoms with Gasteiger partial charge in [-0.3, -0.25) is 4.68 Å². The van der Waals surface area contributed by atoms with Crippen molar-refractivity contribution in [1.29, 1.82) is 0 Å². The molecule has 0 fully saturated rings. The van der Waals surface area contributed by atoms with E-state index in [2.05, 4.69) is 18.9 Å². The molecule has 1 aromatic heterocycles. The van der Waals surface area contributed by atoms with Crippen LogP contribution in [-0.2, 0) is 17.7 Å². The van der Waals surface area contributed by atoms with E-state index < -0.39 is 0 Å². The minimum absolute atomic E-state index is 0.0118. The summed E-state index contributed by atoms with van der Waals surface area (Å²) in [7, 11) is 1.67. The van der Waals surface area contributed by atoms with Crippen molar-refractivity contribution in [3.05, 3.63) is 17.0 Å². The molecule has 2 N–H and O–H groups in total. The third-order valence-electron chi connectivity index (χ3n) is 2.67. The lowest BCUT2D eigenvalue weighted by Crippen LogP contribution is -2.31. The molecule has 15 heavy (non-hydrogen) atoms. The van der Waals surface area contributed by atoms with Crippen LogP contribution in [0.3, 0.4) is 0 Å². The fraction of sp³-hybridized carbons (Fsp3) is 0.727. The largest absolute Gasteiger partial charge is 0.383 e. The Bertz CT molecular complexity index is 320. The number of hydrogen-bond donors (Lipinski definition) is 1. The molecule has 0 saturated carbocycles. The van der Waals surface area contributed by atoms with Crippen molar-refractivity contribution in [2.75, 3.05) is 13.7 Å². The predicted octanol–water partition coefficient (Wildman–Crippen LogP) is 1.04. The Morgan fingerprint density at radius 1 is 1.47 bits per heavy atom. The lowest BCUT2D eigenvalue weighted by atomic mass is 10.1. The number of ether oxygens (including phenoxy) is 1. The first kappa shape index (κ1) is 12.2. The van der Waals surface area contributed by atoms with Crippen molar-refractivity contribution in [1.82, 2.24) is 9.78 Å². The molecular weight excluding hydrogens is 190 g/mol. The summed E-state index contributed by atoms with van der Waals surface area (Å²) in [6.45, 7) is 7.58. The van der Waals surface area contributed by atoms with Crippen molar-refractivity contribution in [3.8, 4) is 0 Å². The first-order valence-electron chi connectivity index (χ1n) is 5.37. The maximum Gasteiger partial charge on any atom is 0.0631 e. The summed E-state index contributed by atoms with van der Waals surface area (Å²) in [5.74, 6) is 0. The van der Waals surface area contributed by atoms with Crippen molar-refractivity contribution < 1.29 is 4.74 Å². The van der Waals surface area contributed by atoms with E-state index in [1.165, 1.54) is 11.3 Å². The third-order valence-corrected chi connectivity index (χ3v) is 2.67. The zero-order chi connectivity index (χ0) is 11.4. The molecule has 1 rings (SSSR count). The minimum atomic E-state index is 0.0118. The van der Waals surface area contributed by atoms with Crippen molar-refractivity contribution in [3.63, 3.8) is 0 Å². The van der Waals surface area contributed by atoms with Gasteiger partial charge in [0.1, 0.15) is 0 Å². The lowest BCUT2D eigenvalue weighted by molar-refractivity contribution is 0.172. The summed E-state index contributed by atoms with van der Waals surface area (Å²) in [6.07, 6.45) is 1.02. The quantitative estimate of drug-likeness (QED) is 0.791. The summed E-state index contributed by atoms with van der Waals surface area (Å²) in [4.78, 5) is 0. The maximum atomic E-state index is 5.90. The molecule has 1 heterocycles. The number of hydrogen-bond acceptors (Lipinski definition) is 3. The van der Waals surface area contributed by atoms with Gasteiger partial charge in [0.15, 0.2) is 0 Å². The van der Waals surface area contributed by atoms with E-state index in [1.54, 1.807) is 7.11 Å². The second kappa shape index (κ2) is 5.28. The normalized spacial score (nSPS) is 13.1. The third kappa shape index (κ3) is 2.79. The number of aryl methyl sites for hydroxylation is 1. The zero-order valence-electron chi connectivity index (χ0n) is 10.1. The van der Waals surface area contributed by atoms with Gasteiger partial charge >= 0.3 is 0 Å². The van der Waals surface area contributed by atoms with Gasteiger partial charge in [0.05, 0.1) is 18.8 Å². The highest BCUT2D eigenvalue weighted by Gasteiger charge is 2.11. The Morgan fingerprint density at radius 3 is 2.60 bits per heavy atom. The van der Waals surface area contributed by atoms with Gasteiger partial charge in [-0.2, -0.15) is 5.10 Å². The Kier molecular flexibility index (Phi) is 4.29. The Labute approximate surface area is 91.4 Å². The molecule has 4 nitrogen and oxygen atoms in total. The van der Waals surface area contributed by atoms with Gasteiger partial charge in [0.25, 0.3) is 0 Å². The van der Waals surface area contributed by atoms with Gasteiger partial charge in [0.2, 0.25) is 0 Å². The number of aromatic nitrogens is 2. The van der Waals surface area contributed by atoms with Crippen LogP contribution < -0.4 is 5.73 Å². The van der Waals surface area contributed by atoms with Gasteiger partial charge < -0.3 is 10.5 Å². The van der Waals surface area contributed by atoms with Crippen LogP contribution in [0.2, 0.25) is 0 Å². The van der Waals surface area contributed by atoms with E-state index in [0.717, 1.165) is 18.7 Å². The zero-order valence-corrected chi connectivity index (χ0v) is 10.1. The Morgan fingerprint density at radius 2 is 2.13 bits per heavy atom. The number of nitrogens with two attached hydrogens (primary N) is 1. The van der Waals surface area contributed by atoms with Crippen molar-refractivity contribution >= 4 is 0 Å². The predicted molar refractivity (Wildman–Crippen MR) is 60.9 cm³/mol. The lowest BCUT2D eigenvalue weighted by Gasteiger charge is -2.11. The van der Waals surface area contributed by atoms with Crippen LogP contribution >= 0.6 is 0 Å². The highest BCUT2D eigenvalue weighted by atomic mass is 16.5. The Hall–Kier alpha value is -0.870. The van der Waals surface area contributed by atoms with E-state index in [0.29, 0.717) is 6.61 Å². The van der Waals surface area contributed by atoms with Crippen molar-refractivity contribution in [2.24, 2.45) is 5.73 Å². The van der Waals surface area contributed by atoms with E-state index in [1.807, 2.05) is 11.6 Å². The molecule has 0 radical (unpaired) electrons. The first-order valence-corrected chi connectivity index (χ1v) is 5.37. The molecule has 86 valence electrons. The topological polar surface area (TPSA) is 53.1 Å². The molecule has 1 unspecified atom stereocenters. The summed E-state index contributed by atoms with van der Waals surface area (Å²) in [6, 6.07) is 0.0118. The smallest absolute Gasteiger partial charge is 0.0631 e. The fourth-order valence-corrected chi connectivity index (χ4v) is 1.91. The van der Waals surface area contributed by atoms with Gasteiger partial charge in [-0.1, -0.05) is 6.92 Å². The van der Waals surface area contributed by atoms with Crippen LogP contribution in [0.1, 0.15) is 23.9 Å². The van der Waals surface area contributed by atoms with Gasteiger partial charge in [-0.25, -0.2) is 0 Å². The van der Waals surface area contributed by atoms with E-state index in [9.17, 15) is 0 Å². The van der Waals surface area contributed by atoms with Crippen LogP contribution in [0.4, 0.5) is 0 Å². The highest BCUT2D eigenvalue weighted by Crippen LogP contribution is 2.13. The molecule has 0 aliphatic carbocycles. The number of rotatable bonds is 5. The molecule has 4 heteroatoms. The van der Waals surface area contributed by atoms with Gasteiger partial charge in [-0.15, -0.1) is 0 Å². The van der Waals surface area contributed by atoms with Gasteiger partial charge in [-0.05, 0) is 25.8 Å². The SMILES string of the molecule is CCc1c(C)nn(CC(N)COC)c1C. The maximum absolute atomic E-state index is 5.90. The average molecular weight is 211 g/mol. The standard InChI is InChI=1S/C11H21N3O/c1-5-11-8(2)13-14(9(11)3)6-10(12)7-15-4/h10H,5-7,12H2,1-4H3. The average Bonchev–Trinajstić information content (AvgIpc) is 2.42. The number of methoxy groups -OCH3 is 1. The molecule has 0 aromatic carbocycles.